The van der Waals surface area contributed by atoms with Gasteiger partial charge in [-0.1, -0.05) is 23.4 Å². The number of benzene rings is 2. The molecule has 0 bridgehead atoms. The molecule has 7 heteroatoms. The molecule has 0 N–H and O–H groups in total. The summed E-state index contributed by atoms with van der Waals surface area (Å²) in [5.41, 5.74) is -0.119. The van der Waals surface area contributed by atoms with Crippen LogP contribution in [0.5, 0.6) is 11.5 Å². The van der Waals surface area contributed by atoms with E-state index in [0.29, 0.717) is 28.5 Å². The predicted molar refractivity (Wildman–Crippen MR) is 91.2 cm³/mol. The number of hydrogen-bond donors (Lipinski definition) is 0. The predicted octanol–water partition coefficient (Wildman–Crippen LogP) is 3.05. The van der Waals surface area contributed by atoms with Crippen molar-refractivity contribution in [3.63, 3.8) is 0 Å². The first-order valence-corrected chi connectivity index (χ1v) is 8.17. The van der Waals surface area contributed by atoms with E-state index in [0.717, 1.165) is 0 Å². The zero-order valence-corrected chi connectivity index (χ0v) is 14.4. The van der Waals surface area contributed by atoms with Crippen LogP contribution in [0.15, 0.2) is 47.6 Å². The smallest absolute Gasteiger partial charge is 0.275 e. The van der Waals surface area contributed by atoms with Gasteiger partial charge in [-0.25, -0.2) is 4.39 Å². The fraction of sp³-hybridized carbons (Fsp3) is 0.263. The molecule has 0 aliphatic carbocycles. The minimum Gasteiger partial charge on any atom is -0.454 e. The van der Waals surface area contributed by atoms with Crippen LogP contribution in [0.25, 0.3) is 0 Å². The van der Waals surface area contributed by atoms with Crippen LogP contribution in [0.3, 0.4) is 0 Å². The van der Waals surface area contributed by atoms with Crippen molar-refractivity contribution in [2.75, 3.05) is 6.79 Å². The van der Waals surface area contributed by atoms with Crippen molar-refractivity contribution in [1.82, 2.24) is 4.90 Å². The van der Waals surface area contributed by atoms with E-state index in [2.05, 4.69) is 5.16 Å². The third-order valence-electron chi connectivity index (χ3n) is 4.29. The molecule has 2 aromatic rings. The number of carbonyl (C=O) groups excluding carboxylic acids is 1. The second-order valence-electron chi connectivity index (χ2n) is 6.57. The first-order valence-electron chi connectivity index (χ1n) is 8.17. The first kappa shape index (κ1) is 16.4. The minimum absolute atomic E-state index is 0.0472. The van der Waals surface area contributed by atoms with E-state index >= 15 is 0 Å². The summed E-state index contributed by atoms with van der Waals surface area (Å²) in [5.74, 6) is 0.806. The molecule has 4 rings (SSSR count). The summed E-state index contributed by atoms with van der Waals surface area (Å²) < 4.78 is 24.8. The Morgan fingerprint density at radius 1 is 1.15 bits per heavy atom. The average Bonchev–Trinajstić information content (AvgIpc) is 3.08. The summed E-state index contributed by atoms with van der Waals surface area (Å²) in [6, 6.07) is 11.6. The number of amidine groups is 1. The van der Waals surface area contributed by atoms with Gasteiger partial charge in [0.2, 0.25) is 12.4 Å². The van der Waals surface area contributed by atoms with Crippen LogP contribution >= 0.6 is 0 Å². The summed E-state index contributed by atoms with van der Waals surface area (Å²) in [6.07, 6.45) is 0. The fourth-order valence-corrected chi connectivity index (χ4v) is 2.85. The highest BCUT2D eigenvalue weighted by Crippen LogP contribution is 2.34. The molecule has 2 heterocycles. The normalized spacial score (nSPS) is 17.7. The van der Waals surface area contributed by atoms with Crippen LogP contribution in [0.1, 0.15) is 25.0 Å². The Labute approximate surface area is 149 Å². The number of fused-ring (bicyclic) bond motifs is 1. The highest BCUT2D eigenvalue weighted by Gasteiger charge is 2.41. The summed E-state index contributed by atoms with van der Waals surface area (Å²) in [6.45, 7) is 3.45. The lowest BCUT2D eigenvalue weighted by atomic mass is 10.0. The van der Waals surface area contributed by atoms with Crippen LogP contribution in [0.2, 0.25) is 0 Å². The summed E-state index contributed by atoms with van der Waals surface area (Å²) in [7, 11) is 0. The molecule has 6 nitrogen and oxygen atoms in total. The van der Waals surface area contributed by atoms with Crippen molar-refractivity contribution in [2.24, 2.45) is 5.16 Å². The molecule has 0 atom stereocenters. The van der Waals surface area contributed by atoms with Gasteiger partial charge in [0, 0.05) is 11.1 Å². The quantitative estimate of drug-likeness (QED) is 0.848. The zero-order chi connectivity index (χ0) is 18.3. The second kappa shape index (κ2) is 6.01. The molecule has 2 aliphatic rings. The summed E-state index contributed by atoms with van der Waals surface area (Å²) in [5, 5.41) is 4.14. The monoisotopic (exact) mass is 356 g/mol. The van der Waals surface area contributed by atoms with E-state index in [-0.39, 0.29) is 25.1 Å². The second-order valence-corrected chi connectivity index (χ2v) is 6.57. The Morgan fingerprint density at radius 3 is 2.73 bits per heavy atom. The van der Waals surface area contributed by atoms with Crippen molar-refractivity contribution < 1.29 is 23.5 Å². The van der Waals surface area contributed by atoms with Crippen LogP contribution in [0.4, 0.5) is 4.39 Å². The Balaban J connectivity index is 1.74. The molecule has 0 unspecified atom stereocenters. The number of nitrogens with zero attached hydrogens (tertiary/aromatic N) is 2. The van der Waals surface area contributed by atoms with Crippen molar-refractivity contribution in [1.29, 1.82) is 0 Å². The van der Waals surface area contributed by atoms with Crippen molar-refractivity contribution in [3.05, 3.63) is 59.4 Å². The molecular formula is C19H17FN2O4. The highest BCUT2D eigenvalue weighted by molar-refractivity contribution is 6.10. The number of halogens is 1. The van der Waals surface area contributed by atoms with E-state index in [4.69, 9.17) is 14.3 Å². The Kier molecular flexibility index (Phi) is 3.79. The van der Waals surface area contributed by atoms with Gasteiger partial charge in [0.15, 0.2) is 17.3 Å². The van der Waals surface area contributed by atoms with E-state index < -0.39 is 5.60 Å². The van der Waals surface area contributed by atoms with Gasteiger partial charge in [0.05, 0.1) is 6.54 Å². The van der Waals surface area contributed by atoms with Gasteiger partial charge < -0.3 is 14.3 Å². The molecule has 0 aromatic heterocycles. The van der Waals surface area contributed by atoms with Crippen molar-refractivity contribution in [3.8, 4) is 11.5 Å². The molecule has 26 heavy (non-hydrogen) atoms. The van der Waals surface area contributed by atoms with Gasteiger partial charge in [-0.3, -0.25) is 9.69 Å². The largest absolute Gasteiger partial charge is 0.454 e. The third kappa shape index (κ3) is 2.75. The minimum atomic E-state index is -1.13. The third-order valence-corrected chi connectivity index (χ3v) is 4.29. The van der Waals surface area contributed by atoms with Gasteiger partial charge in [-0.2, -0.15) is 0 Å². The van der Waals surface area contributed by atoms with Crippen LogP contribution in [-0.4, -0.2) is 29.0 Å². The molecule has 1 amide bonds. The molecule has 0 spiro atoms. The first-order chi connectivity index (χ1) is 12.5. The van der Waals surface area contributed by atoms with Gasteiger partial charge in [-0.15, -0.1) is 0 Å². The van der Waals surface area contributed by atoms with E-state index in [1.54, 1.807) is 50.2 Å². The van der Waals surface area contributed by atoms with Crippen LogP contribution < -0.4 is 9.47 Å². The molecule has 2 aliphatic heterocycles. The van der Waals surface area contributed by atoms with Crippen molar-refractivity contribution >= 4 is 11.7 Å². The highest BCUT2D eigenvalue weighted by atomic mass is 19.1. The lowest BCUT2D eigenvalue weighted by molar-refractivity contribution is -0.154. The number of rotatable bonds is 3. The van der Waals surface area contributed by atoms with E-state index in [1.165, 1.54) is 11.0 Å². The molecular weight excluding hydrogens is 339 g/mol. The van der Waals surface area contributed by atoms with Gasteiger partial charge in [-0.05, 0) is 38.1 Å². The topological polar surface area (TPSA) is 60.4 Å². The van der Waals surface area contributed by atoms with Crippen LogP contribution in [0, 0.1) is 5.82 Å². The van der Waals surface area contributed by atoms with E-state index in [1.807, 2.05) is 0 Å². The standard InChI is InChI=1S/C19H17FN2O4/c1-19(2)18(23)22(10-13-5-3-4-6-14(13)20)17(21-26-19)12-7-8-15-16(9-12)25-11-24-15/h3-9H,10-11H2,1-2H3. The van der Waals surface area contributed by atoms with Gasteiger partial charge in [0.1, 0.15) is 5.82 Å². The Hall–Kier alpha value is -3.09. The number of ether oxygens (including phenoxy) is 2. The summed E-state index contributed by atoms with van der Waals surface area (Å²) in [4.78, 5) is 19.7. The maximum Gasteiger partial charge on any atom is 0.275 e. The SMILES string of the molecule is CC1(C)ON=C(c2ccc3c(c2)OCO3)N(Cc2ccccc2F)C1=O. The zero-order valence-electron chi connectivity index (χ0n) is 14.4. The molecule has 0 radical (unpaired) electrons. The molecule has 2 aromatic carbocycles. The molecule has 0 saturated carbocycles. The number of hydrogen-bond acceptors (Lipinski definition) is 5. The lowest BCUT2D eigenvalue weighted by Gasteiger charge is -2.35. The molecule has 134 valence electrons. The maximum atomic E-state index is 14.1. The summed E-state index contributed by atoms with van der Waals surface area (Å²) >= 11 is 0. The van der Waals surface area contributed by atoms with E-state index in [9.17, 15) is 9.18 Å². The number of carbonyl (C=O) groups is 1. The number of oxime groups is 1. The Morgan fingerprint density at radius 2 is 1.92 bits per heavy atom. The molecule has 0 saturated heterocycles. The number of amides is 1. The molecule has 0 fully saturated rings. The maximum absolute atomic E-state index is 14.1. The average molecular weight is 356 g/mol. The van der Waals surface area contributed by atoms with Crippen molar-refractivity contribution in [2.45, 2.75) is 26.0 Å². The Bertz CT molecular complexity index is 910. The van der Waals surface area contributed by atoms with Crippen LogP contribution in [-0.2, 0) is 16.2 Å². The van der Waals surface area contributed by atoms with Gasteiger partial charge >= 0.3 is 0 Å². The van der Waals surface area contributed by atoms with Gasteiger partial charge in [0.25, 0.3) is 5.91 Å². The fourth-order valence-electron chi connectivity index (χ4n) is 2.85. The lowest BCUT2D eigenvalue weighted by Crippen LogP contribution is -2.52.